The van der Waals surface area contributed by atoms with Gasteiger partial charge in [-0.2, -0.15) is 0 Å². The Bertz CT molecular complexity index is 560. The molecule has 3 nitrogen and oxygen atoms in total. The van der Waals surface area contributed by atoms with Gasteiger partial charge >= 0.3 is 0 Å². The zero-order chi connectivity index (χ0) is 13.1. The maximum absolute atomic E-state index is 13.3. The number of hydrogen-bond donors (Lipinski definition) is 2. The van der Waals surface area contributed by atoms with Gasteiger partial charge in [0.25, 0.3) is 0 Å². The van der Waals surface area contributed by atoms with Crippen LogP contribution in [-0.4, -0.2) is 4.98 Å². The van der Waals surface area contributed by atoms with Crippen LogP contribution in [0.4, 0.5) is 4.39 Å². The Kier molecular flexibility index (Phi) is 4.06. The summed E-state index contributed by atoms with van der Waals surface area (Å²) in [7, 11) is 0. The van der Waals surface area contributed by atoms with Crippen molar-refractivity contribution in [3.63, 3.8) is 0 Å². The second-order valence-corrected chi connectivity index (χ2v) is 4.96. The Morgan fingerprint density at radius 2 is 2.06 bits per heavy atom. The predicted octanol–water partition coefficient (Wildman–Crippen LogP) is 2.84. The Labute approximate surface area is 113 Å². The van der Waals surface area contributed by atoms with E-state index in [1.165, 1.54) is 6.07 Å². The second kappa shape index (κ2) is 5.56. The molecule has 0 saturated carbocycles. The van der Waals surface area contributed by atoms with Crippen molar-refractivity contribution >= 4 is 15.9 Å². The van der Waals surface area contributed by atoms with Crippen molar-refractivity contribution in [3.05, 3.63) is 63.6 Å². The van der Waals surface area contributed by atoms with E-state index in [4.69, 9.17) is 5.84 Å². The van der Waals surface area contributed by atoms with Crippen LogP contribution in [0.15, 0.2) is 41.1 Å². The molecule has 18 heavy (non-hydrogen) atoms. The van der Waals surface area contributed by atoms with Gasteiger partial charge in [0.1, 0.15) is 5.82 Å². The molecule has 2 rings (SSSR count). The van der Waals surface area contributed by atoms with Crippen molar-refractivity contribution in [2.45, 2.75) is 13.0 Å². The van der Waals surface area contributed by atoms with Crippen LogP contribution in [0.1, 0.15) is 22.7 Å². The molecule has 2 aromatic rings. The number of aryl methyl sites for hydroxylation is 1. The van der Waals surface area contributed by atoms with Crippen LogP contribution >= 0.6 is 15.9 Å². The van der Waals surface area contributed by atoms with Gasteiger partial charge in [0, 0.05) is 16.9 Å². The van der Waals surface area contributed by atoms with E-state index in [9.17, 15) is 4.39 Å². The third-order valence-electron chi connectivity index (χ3n) is 2.74. The minimum atomic E-state index is -0.220. The van der Waals surface area contributed by atoms with Crippen molar-refractivity contribution < 1.29 is 4.39 Å². The van der Waals surface area contributed by atoms with Gasteiger partial charge in [-0.05, 0) is 51.7 Å². The SMILES string of the molecule is Cc1cc(C(NN)c2cncc(Br)c2)ccc1F. The van der Waals surface area contributed by atoms with Gasteiger partial charge in [0.15, 0.2) is 0 Å². The Balaban J connectivity index is 2.42. The lowest BCUT2D eigenvalue weighted by Crippen LogP contribution is -2.29. The number of hydrazine groups is 1. The van der Waals surface area contributed by atoms with E-state index in [1.807, 2.05) is 6.07 Å². The average Bonchev–Trinajstić information content (AvgIpc) is 2.35. The molecule has 0 fully saturated rings. The topological polar surface area (TPSA) is 50.9 Å². The highest BCUT2D eigenvalue weighted by atomic mass is 79.9. The zero-order valence-corrected chi connectivity index (χ0v) is 11.4. The number of rotatable bonds is 3. The van der Waals surface area contributed by atoms with Crippen molar-refractivity contribution in [1.82, 2.24) is 10.4 Å². The Morgan fingerprint density at radius 1 is 1.28 bits per heavy atom. The van der Waals surface area contributed by atoms with Crippen molar-refractivity contribution in [1.29, 1.82) is 0 Å². The molecule has 0 spiro atoms. The molecule has 5 heteroatoms. The van der Waals surface area contributed by atoms with Gasteiger partial charge in [-0.25, -0.2) is 9.82 Å². The molecular weight excluding hydrogens is 297 g/mol. The number of halogens is 2. The molecule has 0 amide bonds. The lowest BCUT2D eigenvalue weighted by molar-refractivity contribution is 0.607. The molecule has 0 aliphatic heterocycles. The third kappa shape index (κ3) is 2.75. The molecule has 1 aromatic carbocycles. The van der Waals surface area contributed by atoms with E-state index in [2.05, 4.69) is 26.3 Å². The molecule has 0 saturated heterocycles. The first-order chi connectivity index (χ1) is 8.61. The van der Waals surface area contributed by atoms with Crippen molar-refractivity contribution in [2.75, 3.05) is 0 Å². The minimum Gasteiger partial charge on any atom is -0.271 e. The van der Waals surface area contributed by atoms with E-state index in [1.54, 1.807) is 31.5 Å². The molecule has 0 aliphatic rings. The van der Waals surface area contributed by atoms with E-state index in [0.29, 0.717) is 5.56 Å². The Hall–Kier alpha value is -1.30. The van der Waals surface area contributed by atoms with Crippen LogP contribution in [0, 0.1) is 12.7 Å². The van der Waals surface area contributed by atoms with E-state index >= 15 is 0 Å². The monoisotopic (exact) mass is 309 g/mol. The third-order valence-corrected chi connectivity index (χ3v) is 3.18. The number of benzene rings is 1. The fourth-order valence-corrected chi connectivity index (χ4v) is 2.20. The van der Waals surface area contributed by atoms with E-state index < -0.39 is 0 Å². The number of nitrogens with two attached hydrogens (primary N) is 1. The fourth-order valence-electron chi connectivity index (χ4n) is 1.82. The summed E-state index contributed by atoms with van der Waals surface area (Å²) >= 11 is 3.37. The predicted molar refractivity (Wildman–Crippen MR) is 72.2 cm³/mol. The maximum atomic E-state index is 13.3. The number of aromatic nitrogens is 1. The molecule has 1 unspecified atom stereocenters. The molecule has 94 valence electrons. The van der Waals surface area contributed by atoms with Gasteiger partial charge in [-0.3, -0.25) is 10.8 Å². The van der Waals surface area contributed by atoms with Gasteiger partial charge in [0.05, 0.1) is 6.04 Å². The van der Waals surface area contributed by atoms with Crippen molar-refractivity contribution in [3.8, 4) is 0 Å². The van der Waals surface area contributed by atoms with Crippen molar-refractivity contribution in [2.24, 2.45) is 5.84 Å². The van der Waals surface area contributed by atoms with E-state index in [-0.39, 0.29) is 11.9 Å². The van der Waals surface area contributed by atoms with Crippen LogP contribution < -0.4 is 11.3 Å². The highest BCUT2D eigenvalue weighted by Crippen LogP contribution is 2.24. The minimum absolute atomic E-state index is 0.214. The van der Waals surface area contributed by atoms with Crippen LogP contribution in [0.5, 0.6) is 0 Å². The summed E-state index contributed by atoms with van der Waals surface area (Å²) in [4.78, 5) is 4.10. The molecule has 1 heterocycles. The van der Waals surface area contributed by atoms with Crippen LogP contribution in [0.2, 0.25) is 0 Å². The summed E-state index contributed by atoms with van der Waals surface area (Å²) in [6.07, 6.45) is 3.43. The molecular formula is C13H13BrFN3. The first-order valence-electron chi connectivity index (χ1n) is 5.44. The fraction of sp³-hybridized carbons (Fsp3) is 0.154. The summed E-state index contributed by atoms with van der Waals surface area (Å²) in [5.41, 5.74) is 5.13. The average molecular weight is 310 g/mol. The number of nitrogens with zero attached hydrogens (tertiary/aromatic N) is 1. The maximum Gasteiger partial charge on any atom is 0.126 e. The largest absolute Gasteiger partial charge is 0.271 e. The molecule has 3 N–H and O–H groups in total. The summed E-state index contributed by atoms with van der Waals surface area (Å²) in [6, 6.07) is 6.65. The molecule has 1 aromatic heterocycles. The first kappa shape index (κ1) is 13.1. The Morgan fingerprint density at radius 3 is 2.67 bits per heavy atom. The summed E-state index contributed by atoms with van der Waals surface area (Å²) in [5.74, 6) is 5.37. The number of hydrogen-bond acceptors (Lipinski definition) is 3. The van der Waals surface area contributed by atoms with Gasteiger partial charge in [-0.15, -0.1) is 0 Å². The van der Waals surface area contributed by atoms with Crippen LogP contribution in [0.3, 0.4) is 0 Å². The highest BCUT2D eigenvalue weighted by molar-refractivity contribution is 9.10. The standard InChI is InChI=1S/C13H13BrFN3/c1-8-4-9(2-3-12(8)15)13(18-16)10-5-11(14)7-17-6-10/h2-7,13,18H,16H2,1H3. The summed E-state index contributed by atoms with van der Waals surface area (Å²) < 4.78 is 14.1. The van der Waals surface area contributed by atoms with E-state index in [0.717, 1.165) is 15.6 Å². The molecule has 0 bridgehead atoms. The number of pyridine rings is 1. The summed E-state index contributed by atoms with van der Waals surface area (Å²) in [6.45, 7) is 1.73. The summed E-state index contributed by atoms with van der Waals surface area (Å²) in [5, 5.41) is 0. The molecule has 0 radical (unpaired) electrons. The van der Waals surface area contributed by atoms with Crippen LogP contribution in [-0.2, 0) is 0 Å². The molecule has 1 atom stereocenters. The smallest absolute Gasteiger partial charge is 0.126 e. The quantitative estimate of drug-likeness (QED) is 0.677. The second-order valence-electron chi connectivity index (χ2n) is 4.04. The van der Waals surface area contributed by atoms with Gasteiger partial charge in [-0.1, -0.05) is 12.1 Å². The lowest BCUT2D eigenvalue weighted by Gasteiger charge is -2.17. The zero-order valence-electron chi connectivity index (χ0n) is 9.82. The normalized spacial score (nSPS) is 12.4. The van der Waals surface area contributed by atoms with Gasteiger partial charge < -0.3 is 0 Å². The first-order valence-corrected chi connectivity index (χ1v) is 6.23. The highest BCUT2D eigenvalue weighted by Gasteiger charge is 2.14. The molecule has 0 aliphatic carbocycles. The number of nitrogens with one attached hydrogen (secondary N) is 1. The van der Waals surface area contributed by atoms with Crippen LogP contribution in [0.25, 0.3) is 0 Å². The lowest BCUT2D eigenvalue weighted by atomic mass is 9.99. The van der Waals surface area contributed by atoms with Gasteiger partial charge in [0.2, 0.25) is 0 Å².